The van der Waals surface area contributed by atoms with E-state index in [1.165, 1.54) is 17.2 Å². The lowest BCUT2D eigenvalue weighted by Crippen LogP contribution is -2.23. The predicted octanol–water partition coefficient (Wildman–Crippen LogP) is 2.85. The third-order valence-electron chi connectivity index (χ3n) is 5.09. The molecule has 6 nitrogen and oxygen atoms in total. The molecule has 150 valence electrons. The van der Waals surface area contributed by atoms with Gasteiger partial charge < -0.3 is 14.6 Å². The summed E-state index contributed by atoms with van der Waals surface area (Å²) in [5, 5.41) is 9.19. The van der Waals surface area contributed by atoms with Gasteiger partial charge in [0.1, 0.15) is 12.4 Å². The van der Waals surface area contributed by atoms with Crippen LogP contribution in [0.3, 0.4) is 0 Å². The molecule has 0 saturated carbocycles. The van der Waals surface area contributed by atoms with Crippen molar-refractivity contribution >= 4 is 0 Å². The molecule has 0 amide bonds. The SMILES string of the molecule is CCc1ccc(-c2ccc(OC[C@@H]3Cn4c(CCO)cc(=O)nc4O3)cc2)cc1. The van der Waals surface area contributed by atoms with E-state index in [9.17, 15) is 9.90 Å². The number of aliphatic hydroxyl groups excluding tert-OH is 1. The summed E-state index contributed by atoms with van der Waals surface area (Å²) in [5.74, 6) is 0.761. The zero-order valence-corrected chi connectivity index (χ0v) is 16.4. The second kappa shape index (κ2) is 8.49. The molecule has 6 heteroatoms. The van der Waals surface area contributed by atoms with Crippen molar-refractivity contribution in [3.63, 3.8) is 0 Å². The van der Waals surface area contributed by atoms with Gasteiger partial charge in [0.05, 0.1) is 6.54 Å². The van der Waals surface area contributed by atoms with Crippen molar-refractivity contribution in [3.05, 3.63) is 76.2 Å². The maximum Gasteiger partial charge on any atom is 0.300 e. The number of fused-ring (bicyclic) bond motifs is 1. The lowest BCUT2D eigenvalue weighted by molar-refractivity contribution is 0.143. The molecule has 1 aliphatic rings. The van der Waals surface area contributed by atoms with Gasteiger partial charge in [-0.2, -0.15) is 4.98 Å². The van der Waals surface area contributed by atoms with Crippen LogP contribution >= 0.6 is 0 Å². The first-order chi connectivity index (χ1) is 14.2. The fourth-order valence-electron chi connectivity index (χ4n) is 3.48. The minimum Gasteiger partial charge on any atom is -0.490 e. The third kappa shape index (κ3) is 4.32. The summed E-state index contributed by atoms with van der Waals surface area (Å²) in [6, 6.07) is 18.3. The molecule has 2 aromatic carbocycles. The van der Waals surface area contributed by atoms with Crippen LogP contribution in [0.15, 0.2) is 59.4 Å². The molecule has 0 radical (unpaired) electrons. The smallest absolute Gasteiger partial charge is 0.300 e. The molecular weight excluding hydrogens is 368 g/mol. The van der Waals surface area contributed by atoms with Crippen molar-refractivity contribution in [2.24, 2.45) is 0 Å². The summed E-state index contributed by atoms with van der Waals surface area (Å²) < 4.78 is 13.5. The van der Waals surface area contributed by atoms with Crippen LogP contribution in [0.25, 0.3) is 11.1 Å². The van der Waals surface area contributed by atoms with E-state index in [0.717, 1.165) is 23.4 Å². The highest BCUT2D eigenvalue weighted by atomic mass is 16.6. The minimum absolute atomic E-state index is 0.0302. The first kappa shape index (κ1) is 19.2. The Morgan fingerprint density at radius 2 is 1.83 bits per heavy atom. The van der Waals surface area contributed by atoms with Gasteiger partial charge in [-0.25, -0.2) is 0 Å². The minimum atomic E-state index is -0.358. The number of benzene rings is 2. The van der Waals surface area contributed by atoms with Crippen molar-refractivity contribution in [2.75, 3.05) is 13.2 Å². The average Bonchev–Trinajstić information content (AvgIpc) is 3.16. The molecule has 0 bridgehead atoms. The quantitative estimate of drug-likeness (QED) is 0.669. The third-order valence-corrected chi connectivity index (χ3v) is 5.09. The van der Waals surface area contributed by atoms with Crippen molar-refractivity contribution in [1.29, 1.82) is 0 Å². The van der Waals surface area contributed by atoms with Crippen molar-refractivity contribution in [3.8, 4) is 22.9 Å². The van der Waals surface area contributed by atoms with Gasteiger partial charge >= 0.3 is 0 Å². The van der Waals surface area contributed by atoms with Crippen LogP contribution in [0.5, 0.6) is 11.8 Å². The molecule has 0 saturated heterocycles. The van der Waals surface area contributed by atoms with Crippen LogP contribution in [0.2, 0.25) is 0 Å². The number of aliphatic hydroxyl groups is 1. The lowest BCUT2D eigenvalue weighted by Gasteiger charge is -2.12. The molecule has 2 heterocycles. The maximum absolute atomic E-state index is 11.7. The van der Waals surface area contributed by atoms with E-state index in [4.69, 9.17) is 9.47 Å². The molecule has 0 aliphatic carbocycles. The molecule has 0 unspecified atom stereocenters. The lowest BCUT2D eigenvalue weighted by atomic mass is 10.0. The number of hydrogen-bond acceptors (Lipinski definition) is 5. The van der Waals surface area contributed by atoms with Gasteiger partial charge in [-0.15, -0.1) is 0 Å². The highest BCUT2D eigenvalue weighted by Gasteiger charge is 2.26. The summed E-state index contributed by atoms with van der Waals surface area (Å²) in [5.41, 5.74) is 4.01. The van der Waals surface area contributed by atoms with Gasteiger partial charge in [-0.05, 0) is 35.2 Å². The Labute approximate surface area is 169 Å². The van der Waals surface area contributed by atoms with Gasteiger partial charge in [0.2, 0.25) is 0 Å². The van der Waals surface area contributed by atoms with Crippen LogP contribution in [-0.4, -0.2) is 34.0 Å². The Bertz CT molecular complexity index is 1030. The van der Waals surface area contributed by atoms with E-state index in [2.05, 4.69) is 36.2 Å². The number of aryl methyl sites for hydroxylation is 1. The number of hydrogen-bond donors (Lipinski definition) is 1. The average molecular weight is 392 g/mol. The highest BCUT2D eigenvalue weighted by Crippen LogP contribution is 2.24. The zero-order chi connectivity index (χ0) is 20.2. The number of aromatic nitrogens is 2. The van der Waals surface area contributed by atoms with Gasteiger partial charge in [-0.1, -0.05) is 43.3 Å². The molecule has 0 fully saturated rings. The van der Waals surface area contributed by atoms with Crippen LogP contribution in [0, 0.1) is 0 Å². The number of rotatable bonds is 7. The first-order valence-corrected chi connectivity index (χ1v) is 9.86. The van der Waals surface area contributed by atoms with Crippen molar-refractivity contribution < 1.29 is 14.6 Å². The van der Waals surface area contributed by atoms with E-state index in [1.807, 2.05) is 28.8 Å². The molecule has 1 aromatic heterocycles. The zero-order valence-electron chi connectivity index (χ0n) is 16.4. The molecule has 3 aromatic rings. The second-order valence-electron chi connectivity index (χ2n) is 7.08. The van der Waals surface area contributed by atoms with E-state index in [1.54, 1.807) is 0 Å². The van der Waals surface area contributed by atoms with Gasteiger partial charge in [-0.3, -0.25) is 9.36 Å². The fourth-order valence-corrected chi connectivity index (χ4v) is 3.48. The maximum atomic E-state index is 11.7. The molecule has 29 heavy (non-hydrogen) atoms. The Kier molecular flexibility index (Phi) is 5.62. The number of ether oxygens (including phenoxy) is 2. The van der Waals surface area contributed by atoms with Crippen LogP contribution < -0.4 is 15.0 Å². The summed E-state index contributed by atoms with van der Waals surface area (Å²) in [6.07, 6.45) is 1.19. The molecular formula is C23H24N2O4. The largest absolute Gasteiger partial charge is 0.490 e. The van der Waals surface area contributed by atoms with E-state index in [0.29, 0.717) is 25.6 Å². The van der Waals surface area contributed by atoms with Gasteiger partial charge in [0.25, 0.3) is 11.6 Å². The Morgan fingerprint density at radius 1 is 1.14 bits per heavy atom. The monoisotopic (exact) mass is 392 g/mol. The Hall–Kier alpha value is -3.12. The molecule has 1 N–H and O–H groups in total. The first-order valence-electron chi connectivity index (χ1n) is 9.86. The topological polar surface area (TPSA) is 73.6 Å². The Morgan fingerprint density at radius 3 is 2.48 bits per heavy atom. The van der Waals surface area contributed by atoms with Gasteiger partial charge in [0.15, 0.2) is 6.10 Å². The predicted molar refractivity (Wildman–Crippen MR) is 110 cm³/mol. The summed E-state index contributed by atoms with van der Waals surface area (Å²) >= 11 is 0. The fraction of sp³-hybridized carbons (Fsp3) is 0.304. The molecule has 4 rings (SSSR count). The normalized spacial score (nSPS) is 15.0. The molecule has 1 aliphatic heterocycles. The molecule has 0 spiro atoms. The molecule has 1 atom stereocenters. The summed E-state index contributed by atoms with van der Waals surface area (Å²) in [4.78, 5) is 15.6. The van der Waals surface area contributed by atoms with Crippen LogP contribution in [0.1, 0.15) is 18.2 Å². The van der Waals surface area contributed by atoms with Crippen LogP contribution in [-0.2, 0) is 19.4 Å². The van der Waals surface area contributed by atoms with Gasteiger partial charge in [0, 0.05) is 24.8 Å². The number of nitrogens with zero attached hydrogens (tertiary/aromatic N) is 2. The Balaban J connectivity index is 1.38. The van der Waals surface area contributed by atoms with E-state index >= 15 is 0 Å². The second-order valence-corrected chi connectivity index (χ2v) is 7.08. The van der Waals surface area contributed by atoms with Crippen molar-refractivity contribution in [2.45, 2.75) is 32.4 Å². The van der Waals surface area contributed by atoms with E-state index in [-0.39, 0.29) is 18.3 Å². The van der Waals surface area contributed by atoms with Crippen LogP contribution in [0.4, 0.5) is 0 Å². The summed E-state index contributed by atoms with van der Waals surface area (Å²) in [7, 11) is 0. The highest BCUT2D eigenvalue weighted by molar-refractivity contribution is 5.64. The van der Waals surface area contributed by atoms with E-state index < -0.39 is 0 Å². The summed E-state index contributed by atoms with van der Waals surface area (Å²) in [6.45, 7) is 3.01. The standard InChI is InChI=1S/C23H24N2O4/c1-2-16-3-5-17(6-4-16)18-7-9-20(10-8-18)28-15-21-14-25-19(11-12-26)13-22(27)24-23(25)29-21/h3-10,13,21,26H,2,11-12,14-15H2,1H3/t21-/m0/s1. The van der Waals surface area contributed by atoms with Crippen molar-refractivity contribution in [1.82, 2.24) is 9.55 Å².